The maximum atomic E-state index is 12.7. The van der Waals surface area contributed by atoms with Crippen LogP contribution < -0.4 is 14.8 Å². The fourth-order valence-corrected chi connectivity index (χ4v) is 5.50. The monoisotopic (exact) mass is 512 g/mol. The van der Waals surface area contributed by atoms with E-state index in [1.54, 1.807) is 36.4 Å². The second-order valence-corrected chi connectivity index (χ2v) is 10.9. The van der Waals surface area contributed by atoms with Crippen molar-refractivity contribution in [2.45, 2.75) is 37.7 Å². The maximum absolute atomic E-state index is 12.7. The highest BCUT2D eigenvalue weighted by molar-refractivity contribution is 7.92. The van der Waals surface area contributed by atoms with Crippen LogP contribution in [-0.4, -0.2) is 14.3 Å². The highest BCUT2D eigenvalue weighted by atomic mass is 32.2. The molecule has 0 aromatic heterocycles. The molecule has 2 N–H and O–H groups in total. The van der Waals surface area contributed by atoms with Crippen LogP contribution in [0.5, 0.6) is 5.75 Å². The molecule has 4 aromatic carbocycles. The number of fused-ring (bicyclic) bond motifs is 1. The first-order chi connectivity index (χ1) is 17.9. The van der Waals surface area contributed by atoms with Crippen LogP contribution in [0.2, 0.25) is 0 Å². The Morgan fingerprint density at radius 2 is 1.59 bits per heavy atom. The Hall–Kier alpha value is -4.10. The van der Waals surface area contributed by atoms with Crippen LogP contribution in [0.15, 0.2) is 95.9 Å². The number of ether oxygens (including phenoxy) is 1. The number of hydrogen-bond acceptors (Lipinski definition) is 4. The van der Waals surface area contributed by atoms with E-state index in [-0.39, 0.29) is 10.8 Å². The first-order valence-corrected chi connectivity index (χ1v) is 13.7. The molecule has 0 saturated carbocycles. The molecule has 7 heteroatoms. The van der Waals surface area contributed by atoms with Crippen molar-refractivity contribution in [1.82, 2.24) is 0 Å². The van der Waals surface area contributed by atoms with Crippen molar-refractivity contribution in [2.24, 2.45) is 0 Å². The summed E-state index contributed by atoms with van der Waals surface area (Å²) < 4.78 is 34.0. The molecule has 37 heavy (non-hydrogen) atoms. The lowest BCUT2D eigenvalue weighted by molar-refractivity contribution is 0.102. The van der Waals surface area contributed by atoms with Crippen LogP contribution >= 0.6 is 0 Å². The van der Waals surface area contributed by atoms with E-state index in [1.807, 2.05) is 37.3 Å². The Bertz CT molecular complexity index is 1530. The van der Waals surface area contributed by atoms with Crippen molar-refractivity contribution < 1.29 is 17.9 Å². The highest BCUT2D eigenvalue weighted by Gasteiger charge is 2.16. The summed E-state index contributed by atoms with van der Waals surface area (Å²) in [5, 5.41) is 2.81. The number of para-hydroxylation sites is 1. The van der Waals surface area contributed by atoms with Gasteiger partial charge in [0.15, 0.2) is 0 Å². The van der Waals surface area contributed by atoms with E-state index in [1.165, 1.54) is 29.7 Å². The molecular weight excluding hydrogens is 484 g/mol. The van der Waals surface area contributed by atoms with Crippen molar-refractivity contribution in [3.8, 4) is 5.75 Å². The van der Waals surface area contributed by atoms with Crippen LogP contribution in [0, 0.1) is 6.92 Å². The lowest BCUT2D eigenvalue weighted by atomic mass is 10.1. The molecule has 6 nitrogen and oxygen atoms in total. The summed E-state index contributed by atoms with van der Waals surface area (Å²) in [7, 11) is -3.74. The van der Waals surface area contributed by atoms with Crippen LogP contribution in [0.25, 0.3) is 0 Å². The maximum Gasteiger partial charge on any atom is 0.261 e. The Labute approximate surface area is 217 Å². The molecule has 0 bridgehead atoms. The van der Waals surface area contributed by atoms with Crippen molar-refractivity contribution in [3.05, 3.63) is 119 Å². The largest absolute Gasteiger partial charge is 0.489 e. The van der Waals surface area contributed by atoms with Crippen molar-refractivity contribution >= 4 is 27.3 Å². The van der Waals surface area contributed by atoms with Gasteiger partial charge in [0.25, 0.3) is 15.9 Å². The number of aryl methyl sites for hydroxylation is 3. The number of carbonyl (C=O) groups is 1. The molecular formula is C30H28N2O4S. The molecule has 0 spiro atoms. The van der Waals surface area contributed by atoms with E-state index in [0.29, 0.717) is 23.5 Å². The zero-order chi connectivity index (χ0) is 25.8. The summed E-state index contributed by atoms with van der Waals surface area (Å²) in [6.07, 6.45) is 3.46. The number of anilines is 2. The molecule has 5 rings (SSSR count). The predicted octanol–water partition coefficient (Wildman–Crippen LogP) is 6.12. The third-order valence-electron chi connectivity index (χ3n) is 6.50. The minimum absolute atomic E-state index is 0.112. The molecule has 1 aliphatic rings. The molecule has 0 saturated heterocycles. The fourth-order valence-electron chi connectivity index (χ4n) is 4.37. The summed E-state index contributed by atoms with van der Waals surface area (Å²) in [6.45, 7) is 2.26. The summed E-state index contributed by atoms with van der Waals surface area (Å²) in [5.41, 5.74) is 6.11. The van der Waals surface area contributed by atoms with Crippen LogP contribution in [0.4, 0.5) is 11.4 Å². The molecule has 0 fully saturated rings. The van der Waals surface area contributed by atoms with Gasteiger partial charge >= 0.3 is 0 Å². The van der Waals surface area contributed by atoms with Gasteiger partial charge in [-0.3, -0.25) is 9.52 Å². The first-order valence-electron chi connectivity index (χ1n) is 12.2. The van der Waals surface area contributed by atoms with Crippen LogP contribution in [-0.2, 0) is 29.5 Å². The molecule has 0 aliphatic heterocycles. The van der Waals surface area contributed by atoms with Gasteiger partial charge in [0.1, 0.15) is 12.4 Å². The molecule has 0 radical (unpaired) electrons. The van der Waals surface area contributed by atoms with E-state index in [9.17, 15) is 13.2 Å². The summed E-state index contributed by atoms with van der Waals surface area (Å²) in [5.74, 6) is 0.585. The number of benzene rings is 4. The molecule has 4 aromatic rings. The number of sulfonamides is 1. The van der Waals surface area contributed by atoms with Crippen molar-refractivity contribution in [2.75, 3.05) is 10.0 Å². The summed E-state index contributed by atoms with van der Waals surface area (Å²) in [4.78, 5) is 12.8. The lowest BCUT2D eigenvalue weighted by Gasteiger charge is -2.11. The van der Waals surface area contributed by atoms with Gasteiger partial charge in [0.2, 0.25) is 0 Å². The van der Waals surface area contributed by atoms with Gasteiger partial charge in [-0.15, -0.1) is 0 Å². The molecule has 1 aliphatic carbocycles. The average molecular weight is 513 g/mol. The second-order valence-electron chi connectivity index (χ2n) is 9.17. The van der Waals surface area contributed by atoms with Crippen molar-refractivity contribution in [1.29, 1.82) is 0 Å². The van der Waals surface area contributed by atoms with E-state index in [0.717, 1.165) is 29.7 Å². The van der Waals surface area contributed by atoms with Gasteiger partial charge < -0.3 is 10.1 Å². The molecule has 188 valence electrons. The number of nitrogens with one attached hydrogen (secondary N) is 2. The average Bonchev–Trinajstić information content (AvgIpc) is 3.37. The van der Waals surface area contributed by atoms with E-state index in [2.05, 4.69) is 22.2 Å². The molecule has 0 unspecified atom stereocenters. The highest BCUT2D eigenvalue weighted by Crippen LogP contribution is 2.26. The number of carbonyl (C=O) groups excluding carboxylic acids is 1. The molecule has 0 heterocycles. The normalized spacial score (nSPS) is 12.6. The van der Waals surface area contributed by atoms with E-state index < -0.39 is 10.0 Å². The molecule has 1 amide bonds. The predicted molar refractivity (Wildman–Crippen MR) is 146 cm³/mol. The van der Waals surface area contributed by atoms with Crippen molar-refractivity contribution in [3.63, 3.8) is 0 Å². The van der Waals surface area contributed by atoms with Gasteiger partial charge in [-0.05, 0) is 103 Å². The fraction of sp³-hybridized carbons (Fsp3) is 0.167. The summed E-state index contributed by atoms with van der Waals surface area (Å²) >= 11 is 0. The lowest BCUT2D eigenvalue weighted by Crippen LogP contribution is -2.14. The third-order valence-corrected chi connectivity index (χ3v) is 7.88. The van der Waals surface area contributed by atoms with Gasteiger partial charge in [0, 0.05) is 11.3 Å². The first kappa shape index (κ1) is 24.6. The molecule has 0 atom stereocenters. The number of hydrogen-bond donors (Lipinski definition) is 2. The Morgan fingerprint density at radius 1 is 0.865 bits per heavy atom. The Balaban J connectivity index is 1.17. The quantitative estimate of drug-likeness (QED) is 0.298. The minimum Gasteiger partial charge on any atom is -0.489 e. The van der Waals surface area contributed by atoms with E-state index >= 15 is 0 Å². The van der Waals surface area contributed by atoms with Gasteiger partial charge in [-0.2, -0.15) is 0 Å². The second kappa shape index (κ2) is 10.5. The van der Waals surface area contributed by atoms with E-state index in [4.69, 9.17) is 4.74 Å². The zero-order valence-corrected chi connectivity index (χ0v) is 21.3. The SMILES string of the molecule is Cc1ccccc1NS(=O)(=O)c1ccc(NC(=O)c2ccc(COc3ccc4c(c3)CCC4)cc2)cc1. The minimum atomic E-state index is -3.74. The summed E-state index contributed by atoms with van der Waals surface area (Å²) in [6, 6.07) is 26.8. The Morgan fingerprint density at radius 3 is 2.35 bits per heavy atom. The topological polar surface area (TPSA) is 84.5 Å². The third kappa shape index (κ3) is 5.84. The van der Waals surface area contributed by atoms with Crippen LogP contribution in [0.1, 0.15) is 39.0 Å². The Kier molecular flexibility index (Phi) is 6.97. The van der Waals surface area contributed by atoms with Gasteiger partial charge in [0.05, 0.1) is 10.6 Å². The number of rotatable bonds is 8. The zero-order valence-electron chi connectivity index (χ0n) is 20.5. The van der Waals surface area contributed by atoms with Crippen LogP contribution in [0.3, 0.4) is 0 Å². The smallest absolute Gasteiger partial charge is 0.261 e. The van der Waals surface area contributed by atoms with Gasteiger partial charge in [-0.1, -0.05) is 36.4 Å². The van der Waals surface area contributed by atoms with Gasteiger partial charge in [-0.25, -0.2) is 8.42 Å². The standard InChI is InChI=1S/C30H28N2O4S/c1-21-5-2-3-8-29(21)32-37(34,35)28-17-14-26(15-18-28)31-30(33)24-11-9-22(10-12-24)20-36-27-16-13-23-6-4-7-25(23)19-27/h2-3,5,8-19,32H,4,6-7,20H2,1H3,(H,31,33). The number of amides is 1.